The Kier molecular flexibility index (Phi) is 5.55. The molecule has 8 heteroatoms. The number of ether oxygens (including phenoxy) is 1. The van der Waals surface area contributed by atoms with Crippen LogP contribution in [0.2, 0.25) is 0 Å². The Morgan fingerprint density at radius 2 is 1.92 bits per heavy atom. The number of carboxylic acid groups (broad SMARTS) is 1. The molecule has 0 spiro atoms. The summed E-state index contributed by atoms with van der Waals surface area (Å²) in [6.45, 7) is 2.64. The van der Waals surface area contributed by atoms with Crippen LogP contribution in [0.25, 0.3) is 21.5 Å². The van der Waals surface area contributed by atoms with Crippen LogP contribution in [0.4, 0.5) is 5.13 Å². The van der Waals surface area contributed by atoms with Crippen molar-refractivity contribution in [3.05, 3.63) is 64.9 Å². The Balaban J connectivity index is 1.09. The fraction of sp³-hybridized carbons (Fsp3) is 0.414. The van der Waals surface area contributed by atoms with Crippen molar-refractivity contribution in [3.63, 3.8) is 0 Å². The summed E-state index contributed by atoms with van der Waals surface area (Å²) in [6.07, 6.45) is 6.72. The van der Waals surface area contributed by atoms with Crippen LogP contribution in [0.1, 0.15) is 71.7 Å². The minimum atomic E-state index is -0.905. The third-order valence-corrected chi connectivity index (χ3v) is 9.20. The number of hydrogen-bond donors (Lipinski definition) is 1. The molecule has 0 amide bonds. The van der Waals surface area contributed by atoms with Crippen LogP contribution in [0.15, 0.2) is 47.0 Å². The second-order valence-corrected chi connectivity index (χ2v) is 11.7. The molecule has 3 fully saturated rings. The third-order valence-electron chi connectivity index (χ3n) is 8.17. The Hall–Kier alpha value is -3.23. The van der Waals surface area contributed by atoms with E-state index in [4.69, 9.17) is 14.2 Å². The number of benzene rings is 2. The molecule has 4 heterocycles. The van der Waals surface area contributed by atoms with E-state index in [-0.39, 0.29) is 6.10 Å². The fourth-order valence-electron chi connectivity index (χ4n) is 6.11. The Labute approximate surface area is 219 Å². The van der Waals surface area contributed by atoms with Crippen LogP contribution in [0.3, 0.4) is 0 Å². The highest BCUT2D eigenvalue weighted by molar-refractivity contribution is 7.22. The van der Waals surface area contributed by atoms with Gasteiger partial charge in [0, 0.05) is 29.1 Å². The molecule has 1 saturated carbocycles. The summed E-state index contributed by atoms with van der Waals surface area (Å²) >= 11 is 1.60. The van der Waals surface area contributed by atoms with Gasteiger partial charge in [0.2, 0.25) is 0 Å². The maximum absolute atomic E-state index is 11.4. The number of aromatic carboxylic acids is 1. The van der Waals surface area contributed by atoms with Crippen molar-refractivity contribution in [3.8, 4) is 11.3 Å². The number of piperidine rings is 1. The monoisotopic (exact) mass is 515 g/mol. The smallest absolute Gasteiger partial charge is 0.335 e. The lowest BCUT2D eigenvalue weighted by molar-refractivity contribution is 0.0147. The highest BCUT2D eigenvalue weighted by atomic mass is 32.1. The number of anilines is 1. The molecule has 3 aliphatic rings. The van der Waals surface area contributed by atoms with E-state index in [1.165, 1.54) is 5.56 Å². The molecule has 1 N–H and O–H groups in total. The van der Waals surface area contributed by atoms with Gasteiger partial charge in [-0.3, -0.25) is 0 Å². The van der Waals surface area contributed by atoms with Crippen molar-refractivity contribution < 1.29 is 19.2 Å². The zero-order chi connectivity index (χ0) is 25.1. The largest absolute Gasteiger partial charge is 0.478 e. The molecule has 2 bridgehead atoms. The highest BCUT2D eigenvalue weighted by Crippen LogP contribution is 2.46. The number of rotatable bonds is 7. The first-order valence-electron chi connectivity index (χ1n) is 13.1. The predicted octanol–water partition coefficient (Wildman–Crippen LogP) is 6.55. The van der Waals surface area contributed by atoms with Crippen LogP contribution >= 0.6 is 11.3 Å². The number of carboxylic acids is 1. The molecule has 7 rings (SSSR count). The number of aryl methyl sites for hydroxylation is 1. The average molecular weight is 516 g/mol. The number of carbonyl (C=O) groups is 1. The van der Waals surface area contributed by atoms with Gasteiger partial charge in [0.25, 0.3) is 0 Å². The molecule has 1 aliphatic carbocycles. The van der Waals surface area contributed by atoms with Gasteiger partial charge in [0.05, 0.1) is 28.5 Å². The molecule has 7 nitrogen and oxygen atoms in total. The Bertz CT molecular complexity index is 1480. The van der Waals surface area contributed by atoms with Gasteiger partial charge in [0.1, 0.15) is 11.5 Å². The molecule has 4 aromatic rings. The van der Waals surface area contributed by atoms with Gasteiger partial charge < -0.3 is 19.3 Å². The summed E-state index contributed by atoms with van der Waals surface area (Å²) in [7, 11) is 0. The molecular weight excluding hydrogens is 486 g/mol. The van der Waals surface area contributed by atoms with Gasteiger partial charge >= 0.3 is 5.97 Å². The number of nitrogens with zero attached hydrogens (tertiary/aromatic N) is 3. The maximum atomic E-state index is 11.4. The van der Waals surface area contributed by atoms with Gasteiger partial charge in [-0.05, 0) is 69.2 Å². The summed E-state index contributed by atoms with van der Waals surface area (Å²) in [6, 6.07) is 14.3. The lowest BCUT2D eigenvalue weighted by Crippen LogP contribution is -2.45. The van der Waals surface area contributed by atoms with Gasteiger partial charge in [0.15, 0.2) is 5.13 Å². The fourth-order valence-corrected chi connectivity index (χ4v) is 7.26. The van der Waals surface area contributed by atoms with E-state index in [2.05, 4.69) is 41.2 Å². The Morgan fingerprint density at radius 3 is 2.65 bits per heavy atom. The van der Waals surface area contributed by atoms with E-state index >= 15 is 0 Å². The van der Waals surface area contributed by atoms with Crippen LogP contribution in [-0.2, 0) is 11.3 Å². The molecule has 3 atom stereocenters. The van der Waals surface area contributed by atoms with E-state index in [0.717, 1.165) is 76.5 Å². The minimum absolute atomic E-state index is 0.188. The van der Waals surface area contributed by atoms with E-state index < -0.39 is 5.97 Å². The average Bonchev–Trinajstić information content (AvgIpc) is 3.41. The molecule has 0 unspecified atom stereocenters. The molecule has 2 saturated heterocycles. The number of aromatic nitrogens is 2. The van der Waals surface area contributed by atoms with Gasteiger partial charge in [-0.15, -0.1) is 0 Å². The molecule has 2 aromatic carbocycles. The standard InChI is InChI=1S/C29H29N3O4S/c1-16-4-2-3-5-22(16)26-23(27(36-31-26)17-6-7-17)15-35-21-13-19-9-10-20(14-21)32(19)29-30-24-11-8-18(28(33)34)12-25(24)37-29/h2-5,8,11-12,17,19-21H,6-7,9-10,13-15H2,1H3,(H,33,34)/t19-,20+,21+. The summed E-state index contributed by atoms with van der Waals surface area (Å²) in [5, 5.41) is 14.8. The van der Waals surface area contributed by atoms with Crippen LogP contribution in [0.5, 0.6) is 0 Å². The molecule has 190 valence electrons. The summed E-state index contributed by atoms with van der Waals surface area (Å²) < 4.78 is 13.4. The van der Waals surface area contributed by atoms with Crippen molar-refractivity contribution in [1.29, 1.82) is 0 Å². The van der Waals surface area contributed by atoms with E-state index in [0.29, 0.717) is 30.2 Å². The highest BCUT2D eigenvalue weighted by Gasteiger charge is 2.43. The lowest BCUT2D eigenvalue weighted by Gasteiger charge is -2.38. The van der Waals surface area contributed by atoms with E-state index in [9.17, 15) is 9.90 Å². The molecule has 37 heavy (non-hydrogen) atoms. The lowest BCUT2D eigenvalue weighted by atomic mass is 9.99. The van der Waals surface area contributed by atoms with Crippen molar-refractivity contribution in [2.45, 2.75) is 76.2 Å². The second kappa shape index (κ2) is 8.96. The Morgan fingerprint density at radius 1 is 1.14 bits per heavy atom. The number of hydrogen-bond acceptors (Lipinski definition) is 7. The van der Waals surface area contributed by atoms with Gasteiger partial charge in [-0.1, -0.05) is 40.8 Å². The zero-order valence-corrected chi connectivity index (χ0v) is 21.5. The number of thiazole rings is 1. The van der Waals surface area contributed by atoms with Crippen LogP contribution in [-0.4, -0.2) is 39.4 Å². The van der Waals surface area contributed by atoms with Gasteiger partial charge in [-0.2, -0.15) is 0 Å². The van der Waals surface area contributed by atoms with E-state index in [1.54, 1.807) is 23.5 Å². The third kappa shape index (κ3) is 4.12. The summed E-state index contributed by atoms with van der Waals surface area (Å²) in [5.74, 6) is 0.578. The topological polar surface area (TPSA) is 88.7 Å². The first-order valence-corrected chi connectivity index (χ1v) is 13.9. The predicted molar refractivity (Wildman–Crippen MR) is 142 cm³/mol. The summed E-state index contributed by atoms with van der Waals surface area (Å²) in [4.78, 5) is 18.7. The van der Waals surface area contributed by atoms with Crippen LogP contribution in [0, 0.1) is 6.92 Å². The van der Waals surface area contributed by atoms with Crippen molar-refractivity contribution in [2.24, 2.45) is 0 Å². The molecule has 2 aromatic heterocycles. The number of fused-ring (bicyclic) bond motifs is 3. The summed E-state index contributed by atoms with van der Waals surface area (Å²) in [5.41, 5.74) is 5.53. The van der Waals surface area contributed by atoms with E-state index in [1.807, 2.05) is 6.07 Å². The first kappa shape index (κ1) is 22.9. The molecule has 2 aliphatic heterocycles. The normalized spacial score (nSPS) is 23.2. The molecular formula is C29H29N3O4S. The van der Waals surface area contributed by atoms with Crippen LogP contribution < -0.4 is 4.90 Å². The first-order chi connectivity index (χ1) is 18.0. The molecule has 0 radical (unpaired) electrons. The second-order valence-electron chi connectivity index (χ2n) is 10.6. The van der Waals surface area contributed by atoms with Crippen molar-refractivity contribution in [1.82, 2.24) is 10.1 Å². The SMILES string of the molecule is Cc1ccccc1-c1noc(C2CC2)c1CO[C@H]1C[C@H]2CC[C@@H](C1)N2c1nc2ccc(C(=O)O)cc2s1. The zero-order valence-electron chi connectivity index (χ0n) is 20.7. The van der Waals surface area contributed by atoms with Crippen molar-refractivity contribution >= 4 is 32.7 Å². The van der Waals surface area contributed by atoms with Gasteiger partial charge in [-0.25, -0.2) is 9.78 Å². The quantitative estimate of drug-likeness (QED) is 0.298. The van der Waals surface area contributed by atoms with Crippen molar-refractivity contribution in [2.75, 3.05) is 4.90 Å². The maximum Gasteiger partial charge on any atom is 0.335 e. The minimum Gasteiger partial charge on any atom is -0.478 e.